The Morgan fingerprint density at radius 2 is 1.84 bits per heavy atom. The van der Waals surface area contributed by atoms with E-state index in [0.717, 1.165) is 10.2 Å². The highest BCUT2D eigenvalue weighted by atomic mass is 79.9. The monoisotopic (exact) mass is 506 g/mol. The van der Waals surface area contributed by atoms with E-state index in [0.29, 0.717) is 28.2 Å². The van der Waals surface area contributed by atoms with Gasteiger partial charge in [-0.3, -0.25) is 4.79 Å². The minimum atomic E-state index is -0.301. The lowest BCUT2D eigenvalue weighted by Gasteiger charge is -2.14. The molecule has 8 nitrogen and oxygen atoms in total. The van der Waals surface area contributed by atoms with Crippen LogP contribution in [0, 0.1) is 0 Å². The van der Waals surface area contributed by atoms with Gasteiger partial charge >= 0.3 is 0 Å². The zero-order valence-electron chi connectivity index (χ0n) is 17.6. The number of aromatic nitrogens is 3. The zero-order chi connectivity index (χ0) is 22.4. The average Bonchev–Trinajstić information content (AvgIpc) is 3.14. The van der Waals surface area contributed by atoms with Crippen molar-refractivity contribution in [2.24, 2.45) is 7.05 Å². The van der Waals surface area contributed by atoms with Gasteiger partial charge in [-0.05, 0) is 43.3 Å². The van der Waals surface area contributed by atoms with Crippen LogP contribution >= 0.6 is 27.7 Å². The van der Waals surface area contributed by atoms with Gasteiger partial charge in [0.05, 0.1) is 25.7 Å². The Morgan fingerprint density at radius 1 is 1.13 bits per heavy atom. The summed E-state index contributed by atoms with van der Waals surface area (Å²) < 4.78 is 19.2. The Kier molecular flexibility index (Phi) is 7.80. The van der Waals surface area contributed by atoms with E-state index in [4.69, 9.17) is 14.2 Å². The molecule has 0 spiro atoms. The first-order valence-electron chi connectivity index (χ1n) is 9.37. The smallest absolute Gasteiger partial charge is 0.234 e. The summed E-state index contributed by atoms with van der Waals surface area (Å²) >= 11 is 4.70. The van der Waals surface area contributed by atoms with Gasteiger partial charge in [-0.1, -0.05) is 27.7 Å². The van der Waals surface area contributed by atoms with E-state index in [1.54, 1.807) is 25.3 Å². The third-order valence-corrected chi connectivity index (χ3v) is 5.92. The van der Waals surface area contributed by atoms with Gasteiger partial charge in [0.25, 0.3) is 0 Å². The van der Waals surface area contributed by atoms with Gasteiger partial charge in [0, 0.05) is 17.6 Å². The Labute approximate surface area is 193 Å². The maximum Gasteiger partial charge on any atom is 0.234 e. The molecular weight excluding hydrogens is 484 g/mol. The summed E-state index contributed by atoms with van der Waals surface area (Å²) in [6.45, 7) is 1.91. The van der Waals surface area contributed by atoms with Gasteiger partial charge in [0.15, 0.2) is 17.1 Å². The molecule has 0 aliphatic heterocycles. The number of ether oxygens (including phenoxy) is 3. The minimum Gasteiger partial charge on any atom is -0.497 e. The number of nitrogens with zero attached hydrogens (tertiary/aromatic N) is 3. The summed E-state index contributed by atoms with van der Waals surface area (Å²) in [7, 11) is 4.96. The van der Waals surface area contributed by atoms with Gasteiger partial charge in [-0.25, -0.2) is 0 Å². The molecule has 164 valence electrons. The van der Waals surface area contributed by atoms with Crippen LogP contribution in [0.25, 0.3) is 0 Å². The lowest BCUT2D eigenvalue weighted by Crippen LogP contribution is -2.15. The van der Waals surface area contributed by atoms with Crippen molar-refractivity contribution in [1.82, 2.24) is 14.8 Å². The molecule has 31 heavy (non-hydrogen) atoms. The first-order valence-corrected chi connectivity index (χ1v) is 11.1. The van der Waals surface area contributed by atoms with Crippen LogP contribution in [0.3, 0.4) is 0 Å². The second kappa shape index (κ2) is 10.5. The number of carbonyl (C=O) groups is 1. The zero-order valence-corrected chi connectivity index (χ0v) is 20.0. The van der Waals surface area contributed by atoms with Crippen molar-refractivity contribution in [2.45, 2.75) is 18.2 Å². The summed E-state index contributed by atoms with van der Waals surface area (Å²) in [5, 5.41) is 11.9. The number of rotatable bonds is 9. The number of thioether (sulfide) groups is 1. The van der Waals surface area contributed by atoms with Gasteiger partial charge in [0.2, 0.25) is 5.91 Å². The average molecular weight is 507 g/mol. The molecule has 0 aliphatic rings. The number of benzene rings is 2. The molecule has 0 bridgehead atoms. The van der Waals surface area contributed by atoms with Gasteiger partial charge in [-0.15, -0.1) is 10.2 Å². The summed E-state index contributed by atoms with van der Waals surface area (Å²) in [4.78, 5) is 12.4. The molecule has 0 saturated carbocycles. The van der Waals surface area contributed by atoms with E-state index >= 15 is 0 Å². The summed E-state index contributed by atoms with van der Waals surface area (Å²) in [5.74, 6) is 2.57. The first-order chi connectivity index (χ1) is 14.9. The first kappa shape index (κ1) is 23.0. The largest absolute Gasteiger partial charge is 0.497 e. The Morgan fingerprint density at radius 3 is 2.52 bits per heavy atom. The Bertz CT molecular complexity index is 1040. The van der Waals surface area contributed by atoms with E-state index in [1.807, 2.05) is 42.8 Å². The quantitative estimate of drug-likeness (QED) is 0.428. The highest BCUT2D eigenvalue weighted by Crippen LogP contribution is 2.29. The molecule has 1 atom stereocenters. The minimum absolute atomic E-state index is 0.170. The Balaban J connectivity index is 1.59. The summed E-state index contributed by atoms with van der Waals surface area (Å²) in [6, 6.07) is 12.8. The summed E-state index contributed by atoms with van der Waals surface area (Å²) in [5.41, 5.74) is 0.573. The molecule has 0 fully saturated rings. The maximum absolute atomic E-state index is 12.4. The number of amides is 1. The number of anilines is 1. The van der Waals surface area contributed by atoms with Crippen molar-refractivity contribution in [2.75, 3.05) is 25.3 Å². The maximum atomic E-state index is 12.4. The molecule has 1 heterocycles. The normalized spacial score (nSPS) is 11.6. The van der Waals surface area contributed by atoms with Crippen LogP contribution in [0.2, 0.25) is 0 Å². The van der Waals surface area contributed by atoms with Crippen LogP contribution in [-0.2, 0) is 11.8 Å². The SMILES string of the molecule is COc1ccc(NC(=O)CSc2nnc(C(C)Oc3ccc(Br)cc3)n2C)c(OC)c1. The third kappa shape index (κ3) is 5.92. The molecule has 0 saturated heterocycles. The van der Waals surface area contributed by atoms with Crippen LogP contribution in [0.1, 0.15) is 18.9 Å². The van der Waals surface area contributed by atoms with E-state index in [9.17, 15) is 4.79 Å². The van der Waals surface area contributed by atoms with Crippen LogP contribution in [0.15, 0.2) is 52.1 Å². The summed E-state index contributed by atoms with van der Waals surface area (Å²) in [6.07, 6.45) is -0.301. The van der Waals surface area contributed by atoms with Gasteiger partial charge in [-0.2, -0.15) is 0 Å². The van der Waals surface area contributed by atoms with Crippen molar-refractivity contribution in [3.63, 3.8) is 0 Å². The van der Waals surface area contributed by atoms with E-state index in [1.165, 1.54) is 18.9 Å². The second-order valence-electron chi connectivity index (χ2n) is 6.52. The lowest BCUT2D eigenvalue weighted by atomic mass is 10.2. The molecular formula is C21H23BrN4O4S. The van der Waals surface area contributed by atoms with E-state index in [2.05, 4.69) is 31.4 Å². The fraction of sp³-hybridized carbons (Fsp3) is 0.286. The predicted octanol–water partition coefficient (Wildman–Crippen LogP) is 4.47. The molecule has 1 N–H and O–H groups in total. The molecule has 1 unspecified atom stereocenters. The molecule has 10 heteroatoms. The van der Waals surface area contributed by atoms with Crippen molar-refractivity contribution >= 4 is 39.3 Å². The van der Waals surface area contributed by atoms with Crippen LogP contribution in [0.5, 0.6) is 17.2 Å². The molecule has 0 aliphatic carbocycles. The van der Waals surface area contributed by atoms with Crippen LogP contribution < -0.4 is 19.5 Å². The van der Waals surface area contributed by atoms with E-state index in [-0.39, 0.29) is 17.8 Å². The van der Waals surface area contributed by atoms with Crippen molar-refractivity contribution in [3.05, 3.63) is 52.8 Å². The van der Waals surface area contributed by atoms with Crippen LogP contribution in [-0.4, -0.2) is 40.6 Å². The van der Waals surface area contributed by atoms with Crippen molar-refractivity contribution < 1.29 is 19.0 Å². The van der Waals surface area contributed by atoms with Gasteiger partial charge in [0.1, 0.15) is 17.2 Å². The number of hydrogen-bond acceptors (Lipinski definition) is 7. The lowest BCUT2D eigenvalue weighted by molar-refractivity contribution is -0.113. The van der Waals surface area contributed by atoms with Crippen molar-refractivity contribution in [3.8, 4) is 17.2 Å². The molecule has 3 aromatic rings. The van der Waals surface area contributed by atoms with Crippen LogP contribution in [0.4, 0.5) is 5.69 Å². The molecule has 0 radical (unpaired) electrons. The van der Waals surface area contributed by atoms with Crippen molar-refractivity contribution in [1.29, 1.82) is 0 Å². The number of carbonyl (C=O) groups excluding carboxylic acids is 1. The number of hydrogen-bond donors (Lipinski definition) is 1. The molecule has 3 rings (SSSR count). The highest BCUT2D eigenvalue weighted by Gasteiger charge is 2.18. The highest BCUT2D eigenvalue weighted by molar-refractivity contribution is 9.10. The number of methoxy groups -OCH3 is 2. The predicted molar refractivity (Wildman–Crippen MR) is 123 cm³/mol. The Hall–Kier alpha value is -2.72. The number of halogens is 1. The second-order valence-corrected chi connectivity index (χ2v) is 8.38. The fourth-order valence-electron chi connectivity index (χ4n) is 2.79. The van der Waals surface area contributed by atoms with E-state index < -0.39 is 0 Å². The molecule has 1 amide bonds. The fourth-order valence-corrected chi connectivity index (χ4v) is 3.78. The molecule has 1 aromatic heterocycles. The standard InChI is InChI=1S/C21H23BrN4O4S/c1-13(30-15-7-5-14(22)6-8-15)20-24-25-21(26(20)2)31-12-19(27)23-17-10-9-16(28-3)11-18(17)29-4/h5-11,13H,12H2,1-4H3,(H,23,27). The topological polar surface area (TPSA) is 87.5 Å². The van der Waals surface area contributed by atoms with Gasteiger partial charge < -0.3 is 24.1 Å². The number of nitrogens with one attached hydrogen (secondary N) is 1. The molecule has 2 aromatic carbocycles. The third-order valence-electron chi connectivity index (χ3n) is 4.37.